The summed E-state index contributed by atoms with van der Waals surface area (Å²) in [6, 6.07) is 0. The molecule has 1 aliphatic heterocycles. The van der Waals surface area contributed by atoms with Crippen LogP contribution in [0.5, 0.6) is 0 Å². The van der Waals surface area contributed by atoms with Crippen molar-refractivity contribution in [3.63, 3.8) is 0 Å². The van der Waals surface area contributed by atoms with E-state index in [1.54, 1.807) is 5.57 Å². The molecule has 0 amide bonds. The Morgan fingerprint density at radius 1 is 0.581 bits per heavy atom. The largest absolute Gasteiger partial charge is 0.378 e. The number of nitrogens with zero attached hydrogens (tertiary/aromatic N) is 1. The van der Waals surface area contributed by atoms with Crippen molar-refractivity contribution in [2.45, 2.75) is 51.4 Å². The van der Waals surface area contributed by atoms with Crippen LogP contribution in [0, 0.1) is 0 Å². The van der Waals surface area contributed by atoms with Gasteiger partial charge in [-0.05, 0) is 32.2 Å². The monoisotopic (exact) mass is 439 g/mol. The third-order valence-corrected chi connectivity index (χ3v) is 5.66. The van der Waals surface area contributed by atoms with Crippen LogP contribution in [0.2, 0.25) is 0 Å². The molecule has 0 radical (unpaired) electrons. The molecule has 31 heavy (non-hydrogen) atoms. The fourth-order valence-corrected chi connectivity index (χ4v) is 3.78. The molecule has 2 aliphatic rings. The van der Waals surface area contributed by atoms with E-state index in [1.165, 1.54) is 51.4 Å². The Kier molecular flexibility index (Phi) is 17.0. The van der Waals surface area contributed by atoms with Gasteiger partial charge in [0.2, 0.25) is 0 Å². The summed E-state index contributed by atoms with van der Waals surface area (Å²) in [6.07, 6.45) is 17.2. The second kappa shape index (κ2) is 19.9. The number of rotatable bonds is 9. The van der Waals surface area contributed by atoms with E-state index in [0.717, 1.165) is 32.8 Å². The van der Waals surface area contributed by atoms with Gasteiger partial charge >= 0.3 is 0 Å². The molecular weight excluding hydrogens is 394 g/mol. The van der Waals surface area contributed by atoms with Crippen LogP contribution in [0.4, 0.5) is 0 Å². The third kappa shape index (κ3) is 15.6. The van der Waals surface area contributed by atoms with Crippen molar-refractivity contribution < 1.29 is 23.7 Å². The lowest BCUT2D eigenvalue weighted by molar-refractivity contribution is -0.0186. The summed E-state index contributed by atoms with van der Waals surface area (Å²) in [5.41, 5.74) is 1.61. The van der Waals surface area contributed by atoms with E-state index < -0.39 is 0 Å². The summed E-state index contributed by atoms with van der Waals surface area (Å²) in [7, 11) is 0. The summed E-state index contributed by atoms with van der Waals surface area (Å²) >= 11 is 0. The SMILES string of the molecule is C1=CCC(CCCCCCCCN2CCOCCOCCOCCOCCOCC2)=C1. The minimum absolute atomic E-state index is 0.600. The van der Waals surface area contributed by atoms with E-state index in [-0.39, 0.29) is 0 Å². The summed E-state index contributed by atoms with van der Waals surface area (Å²) in [5.74, 6) is 0. The van der Waals surface area contributed by atoms with Gasteiger partial charge < -0.3 is 23.7 Å². The van der Waals surface area contributed by atoms with Crippen LogP contribution in [-0.2, 0) is 23.7 Å². The van der Waals surface area contributed by atoms with Crippen molar-refractivity contribution in [3.8, 4) is 0 Å². The number of ether oxygens (including phenoxy) is 5. The smallest absolute Gasteiger partial charge is 0.0701 e. The van der Waals surface area contributed by atoms with Gasteiger partial charge in [0, 0.05) is 13.1 Å². The van der Waals surface area contributed by atoms with Crippen LogP contribution in [0.1, 0.15) is 51.4 Å². The Bertz CT molecular complexity index is 451. The van der Waals surface area contributed by atoms with Crippen LogP contribution in [-0.4, -0.2) is 90.6 Å². The lowest BCUT2D eigenvalue weighted by Gasteiger charge is -2.22. The van der Waals surface area contributed by atoms with Gasteiger partial charge in [-0.2, -0.15) is 0 Å². The minimum Gasteiger partial charge on any atom is -0.378 e. The second-order valence-electron chi connectivity index (χ2n) is 8.23. The van der Waals surface area contributed by atoms with Crippen LogP contribution in [0.25, 0.3) is 0 Å². The Balaban J connectivity index is 1.51. The number of hydrogen-bond acceptors (Lipinski definition) is 6. The number of hydrogen-bond donors (Lipinski definition) is 0. The molecule has 1 aliphatic carbocycles. The minimum atomic E-state index is 0.600. The van der Waals surface area contributed by atoms with Gasteiger partial charge in [0.05, 0.1) is 66.1 Å². The molecule has 6 nitrogen and oxygen atoms in total. The zero-order valence-corrected chi connectivity index (χ0v) is 19.6. The maximum Gasteiger partial charge on any atom is 0.0701 e. The molecule has 0 unspecified atom stereocenters. The molecular formula is C25H45NO5. The fourth-order valence-electron chi connectivity index (χ4n) is 3.78. The maximum absolute atomic E-state index is 5.75. The number of allylic oxidation sites excluding steroid dienone is 4. The molecule has 0 aromatic carbocycles. The highest BCUT2D eigenvalue weighted by Crippen LogP contribution is 2.18. The van der Waals surface area contributed by atoms with Crippen molar-refractivity contribution in [3.05, 3.63) is 23.8 Å². The van der Waals surface area contributed by atoms with Crippen LogP contribution in [0.15, 0.2) is 23.8 Å². The van der Waals surface area contributed by atoms with Crippen LogP contribution < -0.4 is 0 Å². The maximum atomic E-state index is 5.75. The average Bonchev–Trinajstić information content (AvgIpc) is 3.30. The van der Waals surface area contributed by atoms with Gasteiger partial charge in [0.25, 0.3) is 0 Å². The second-order valence-corrected chi connectivity index (χ2v) is 8.23. The lowest BCUT2D eigenvalue weighted by atomic mass is 10.0. The Hall–Kier alpha value is -0.760. The van der Waals surface area contributed by atoms with E-state index in [1.807, 2.05) is 0 Å². The summed E-state index contributed by atoms with van der Waals surface area (Å²) in [4.78, 5) is 2.47. The third-order valence-electron chi connectivity index (χ3n) is 5.66. The highest BCUT2D eigenvalue weighted by Gasteiger charge is 2.06. The fraction of sp³-hybridized carbons (Fsp3) is 0.840. The van der Waals surface area contributed by atoms with Gasteiger partial charge in [-0.15, -0.1) is 0 Å². The zero-order chi connectivity index (χ0) is 21.7. The predicted molar refractivity (Wildman–Crippen MR) is 125 cm³/mol. The van der Waals surface area contributed by atoms with Crippen molar-refractivity contribution in [1.29, 1.82) is 0 Å². The van der Waals surface area contributed by atoms with Crippen molar-refractivity contribution in [1.82, 2.24) is 4.90 Å². The predicted octanol–water partition coefficient (Wildman–Crippen LogP) is 4.00. The molecule has 180 valence electrons. The zero-order valence-electron chi connectivity index (χ0n) is 19.6. The van der Waals surface area contributed by atoms with E-state index in [9.17, 15) is 0 Å². The average molecular weight is 440 g/mol. The molecule has 0 atom stereocenters. The summed E-state index contributed by atoms with van der Waals surface area (Å²) in [6.45, 7) is 9.44. The van der Waals surface area contributed by atoms with Crippen molar-refractivity contribution in [2.75, 3.05) is 85.7 Å². The summed E-state index contributed by atoms with van der Waals surface area (Å²) < 4.78 is 28.0. The van der Waals surface area contributed by atoms with Crippen molar-refractivity contribution >= 4 is 0 Å². The summed E-state index contributed by atoms with van der Waals surface area (Å²) in [5, 5.41) is 0. The van der Waals surface area contributed by atoms with E-state index >= 15 is 0 Å². The Morgan fingerprint density at radius 2 is 1.06 bits per heavy atom. The number of unbranched alkanes of at least 4 members (excludes halogenated alkanes) is 5. The van der Waals surface area contributed by atoms with Crippen LogP contribution in [0.3, 0.4) is 0 Å². The van der Waals surface area contributed by atoms with E-state index in [4.69, 9.17) is 23.7 Å². The van der Waals surface area contributed by atoms with Crippen molar-refractivity contribution in [2.24, 2.45) is 0 Å². The van der Waals surface area contributed by atoms with Gasteiger partial charge in [-0.3, -0.25) is 4.90 Å². The van der Waals surface area contributed by atoms with E-state index in [2.05, 4.69) is 23.1 Å². The quantitative estimate of drug-likeness (QED) is 0.506. The first kappa shape index (κ1) is 26.5. The molecule has 0 spiro atoms. The molecule has 0 bridgehead atoms. The van der Waals surface area contributed by atoms with Gasteiger partial charge in [-0.1, -0.05) is 49.5 Å². The molecule has 1 saturated heterocycles. The Labute approximate surface area is 189 Å². The van der Waals surface area contributed by atoms with Gasteiger partial charge in [0.15, 0.2) is 0 Å². The topological polar surface area (TPSA) is 49.4 Å². The standard InChI is InChI=1S/C25H45NO5/c1(3-5-9-25-10-6-7-11-25)2-4-8-12-26-13-15-27-17-19-29-21-23-31-24-22-30-20-18-28-16-14-26/h6-7,10H,1-5,8-9,11-24H2. The molecule has 2 rings (SSSR count). The highest BCUT2D eigenvalue weighted by atomic mass is 16.6. The van der Waals surface area contributed by atoms with Gasteiger partial charge in [-0.25, -0.2) is 0 Å². The van der Waals surface area contributed by atoms with Gasteiger partial charge in [0.1, 0.15) is 0 Å². The van der Waals surface area contributed by atoms with E-state index in [0.29, 0.717) is 52.9 Å². The molecule has 0 aromatic rings. The molecule has 0 aromatic heterocycles. The first-order chi connectivity index (χ1) is 15.4. The first-order valence-corrected chi connectivity index (χ1v) is 12.4. The molecule has 6 heteroatoms. The normalized spacial score (nSPS) is 21.5. The Morgan fingerprint density at radius 3 is 1.58 bits per heavy atom. The molecule has 1 heterocycles. The van der Waals surface area contributed by atoms with Crippen LogP contribution >= 0.6 is 0 Å². The first-order valence-electron chi connectivity index (χ1n) is 12.4. The lowest BCUT2D eigenvalue weighted by Crippen LogP contribution is -2.32. The molecule has 0 N–H and O–H groups in total. The highest BCUT2D eigenvalue weighted by molar-refractivity contribution is 5.22. The molecule has 0 saturated carbocycles. The molecule has 1 fully saturated rings.